The summed E-state index contributed by atoms with van der Waals surface area (Å²) in [6.07, 6.45) is 2.55. The second-order valence-corrected chi connectivity index (χ2v) is 5.00. The van der Waals surface area contributed by atoms with E-state index in [9.17, 15) is 0 Å². The Labute approximate surface area is 94.0 Å². The predicted octanol–water partition coefficient (Wildman–Crippen LogP) is 3.22. The van der Waals surface area contributed by atoms with Gasteiger partial charge in [-0.05, 0) is 62.0 Å². The lowest BCUT2D eigenvalue weighted by Crippen LogP contribution is -2.26. The molecule has 1 aliphatic rings. The van der Waals surface area contributed by atoms with Crippen LogP contribution in [0, 0.1) is 6.92 Å². The summed E-state index contributed by atoms with van der Waals surface area (Å²) in [5.41, 5.74) is 2.85. The maximum absolute atomic E-state index is 3.56. The van der Waals surface area contributed by atoms with Gasteiger partial charge in [-0.3, -0.25) is 0 Å². The van der Waals surface area contributed by atoms with Gasteiger partial charge in [0, 0.05) is 4.47 Å². The number of halogens is 1. The number of piperidine rings is 1. The van der Waals surface area contributed by atoms with E-state index in [1.165, 1.54) is 28.4 Å². The van der Waals surface area contributed by atoms with Crippen LogP contribution in [0.3, 0.4) is 0 Å². The molecule has 1 aliphatic heterocycles. The zero-order valence-corrected chi connectivity index (χ0v) is 10.1. The monoisotopic (exact) mass is 253 g/mol. The van der Waals surface area contributed by atoms with Crippen molar-refractivity contribution in [2.45, 2.75) is 25.7 Å². The van der Waals surface area contributed by atoms with Crippen molar-refractivity contribution in [2.75, 3.05) is 13.1 Å². The highest BCUT2D eigenvalue weighted by Gasteiger charge is 2.15. The molecule has 76 valence electrons. The minimum atomic E-state index is 0.757. The average Bonchev–Trinajstić information content (AvgIpc) is 2.18. The van der Waals surface area contributed by atoms with E-state index in [-0.39, 0.29) is 0 Å². The van der Waals surface area contributed by atoms with Crippen molar-refractivity contribution >= 4 is 15.9 Å². The van der Waals surface area contributed by atoms with Crippen LogP contribution in [0.15, 0.2) is 22.7 Å². The summed E-state index contributed by atoms with van der Waals surface area (Å²) in [4.78, 5) is 0. The van der Waals surface area contributed by atoms with Crippen LogP contribution in [0.25, 0.3) is 0 Å². The summed E-state index contributed by atoms with van der Waals surface area (Å²) in [6, 6.07) is 6.76. The summed E-state index contributed by atoms with van der Waals surface area (Å²) >= 11 is 3.56. The van der Waals surface area contributed by atoms with Gasteiger partial charge in [0.15, 0.2) is 0 Å². The molecule has 0 saturated carbocycles. The molecule has 1 N–H and O–H groups in total. The first-order valence-corrected chi connectivity index (χ1v) is 6.03. The topological polar surface area (TPSA) is 12.0 Å². The molecule has 1 heterocycles. The molecule has 2 rings (SSSR count). The first-order chi connectivity index (χ1) is 6.75. The predicted molar refractivity (Wildman–Crippen MR) is 63.7 cm³/mol. The van der Waals surface area contributed by atoms with E-state index in [1.54, 1.807) is 0 Å². The van der Waals surface area contributed by atoms with Gasteiger partial charge in [-0.15, -0.1) is 0 Å². The Morgan fingerprint density at radius 1 is 1.21 bits per heavy atom. The Balaban J connectivity index is 2.21. The van der Waals surface area contributed by atoms with Crippen molar-refractivity contribution in [3.8, 4) is 0 Å². The van der Waals surface area contributed by atoms with E-state index in [0.717, 1.165) is 19.0 Å². The quantitative estimate of drug-likeness (QED) is 0.811. The molecule has 0 bridgehead atoms. The van der Waals surface area contributed by atoms with Crippen LogP contribution in [0.2, 0.25) is 0 Å². The largest absolute Gasteiger partial charge is 0.317 e. The summed E-state index contributed by atoms with van der Waals surface area (Å²) < 4.78 is 1.21. The molecule has 14 heavy (non-hydrogen) atoms. The van der Waals surface area contributed by atoms with Crippen molar-refractivity contribution in [1.29, 1.82) is 0 Å². The Morgan fingerprint density at radius 2 is 1.93 bits per heavy atom. The molecule has 0 radical (unpaired) electrons. The molecule has 1 aromatic carbocycles. The third-order valence-electron chi connectivity index (χ3n) is 2.88. The summed E-state index contributed by atoms with van der Waals surface area (Å²) in [7, 11) is 0. The lowest BCUT2D eigenvalue weighted by Gasteiger charge is -2.23. The van der Waals surface area contributed by atoms with Crippen LogP contribution in [-0.2, 0) is 0 Å². The standard InChI is InChI=1S/C12H16BrN/c1-9-6-11(8-12(13)7-9)10-2-4-14-5-3-10/h6-8,10,14H,2-5H2,1H3. The fourth-order valence-corrected chi connectivity index (χ4v) is 2.78. The van der Waals surface area contributed by atoms with Crippen LogP contribution < -0.4 is 5.32 Å². The smallest absolute Gasteiger partial charge is 0.0180 e. The number of aryl methyl sites for hydroxylation is 1. The number of hydrogen-bond acceptors (Lipinski definition) is 1. The van der Waals surface area contributed by atoms with Gasteiger partial charge in [-0.2, -0.15) is 0 Å². The van der Waals surface area contributed by atoms with Crippen LogP contribution in [-0.4, -0.2) is 13.1 Å². The Kier molecular flexibility index (Phi) is 3.24. The number of benzene rings is 1. The van der Waals surface area contributed by atoms with Gasteiger partial charge < -0.3 is 5.32 Å². The number of hydrogen-bond donors (Lipinski definition) is 1. The van der Waals surface area contributed by atoms with Crippen LogP contribution >= 0.6 is 15.9 Å². The van der Waals surface area contributed by atoms with Crippen LogP contribution in [0.5, 0.6) is 0 Å². The second kappa shape index (κ2) is 4.45. The van der Waals surface area contributed by atoms with Crippen LogP contribution in [0.4, 0.5) is 0 Å². The van der Waals surface area contributed by atoms with Gasteiger partial charge in [-0.1, -0.05) is 22.0 Å². The van der Waals surface area contributed by atoms with Crippen molar-refractivity contribution < 1.29 is 0 Å². The normalized spacial score (nSPS) is 18.4. The molecule has 2 heteroatoms. The maximum atomic E-state index is 3.56. The minimum Gasteiger partial charge on any atom is -0.317 e. The molecule has 0 atom stereocenters. The van der Waals surface area contributed by atoms with Gasteiger partial charge >= 0.3 is 0 Å². The fraction of sp³-hybridized carbons (Fsp3) is 0.500. The lowest BCUT2D eigenvalue weighted by molar-refractivity contribution is 0.460. The molecule has 0 unspecified atom stereocenters. The highest BCUT2D eigenvalue weighted by Crippen LogP contribution is 2.28. The molecule has 1 saturated heterocycles. The van der Waals surface area contributed by atoms with Crippen molar-refractivity contribution in [2.24, 2.45) is 0 Å². The van der Waals surface area contributed by atoms with Crippen molar-refractivity contribution in [1.82, 2.24) is 5.32 Å². The van der Waals surface area contributed by atoms with E-state index < -0.39 is 0 Å². The highest BCUT2D eigenvalue weighted by molar-refractivity contribution is 9.10. The molecule has 0 amide bonds. The van der Waals surface area contributed by atoms with Crippen molar-refractivity contribution in [3.63, 3.8) is 0 Å². The van der Waals surface area contributed by atoms with Gasteiger partial charge in [0.05, 0.1) is 0 Å². The molecule has 0 aromatic heterocycles. The molecule has 0 spiro atoms. The van der Waals surface area contributed by atoms with Gasteiger partial charge in [0.25, 0.3) is 0 Å². The van der Waals surface area contributed by atoms with E-state index in [0.29, 0.717) is 0 Å². The average molecular weight is 254 g/mol. The van der Waals surface area contributed by atoms with E-state index in [1.807, 2.05) is 0 Å². The maximum Gasteiger partial charge on any atom is 0.0180 e. The molecular weight excluding hydrogens is 238 g/mol. The first-order valence-electron chi connectivity index (χ1n) is 5.23. The van der Waals surface area contributed by atoms with E-state index >= 15 is 0 Å². The summed E-state index contributed by atoms with van der Waals surface area (Å²) in [5, 5.41) is 3.40. The third kappa shape index (κ3) is 2.37. The molecule has 1 fully saturated rings. The summed E-state index contributed by atoms with van der Waals surface area (Å²) in [5.74, 6) is 0.757. The lowest BCUT2D eigenvalue weighted by atomic mass is 9.89. The molecule has 1 aromatic rings. The molecular formula is C12H16BrN. The van der Waals surface area contributed by atoms with Gasteiger partial charge in [0.1, 0.15) is 0 Å². The highest BCUT2D eigenvalue weighted by atomic mass is 79.9. The van der Waals surface area contributed by atoms with E-state index in [4.69, 9.17) is 0 Å². The number of nitrogens with one attached hydrogen (secondary N) is 1. The Hall–Kier alpha value is -0.340. The summed E-state index contributed by atoms with van der Waals surface area (Å²) in [6.45, 7) is 4.49. The van der Waals surface area contributed by atoms with Gasteiger partial charge in [-0.25, -0.2) is 0 Å². The Bertz CT molecular complexity index is 296. The second-order valence-electron chi connectivity index (χ2n) is 4.09. The Morgan fingerprint density at radius 3 is 2.57 bits per heavy atom. The molecule has 0 aliphatic carbocycles. The van der Waals surface area contributed by atoms with Gasteiger partial charge in [0.2, 0.25) is 0 Å². The third-order valence-corrected chi connectivity index (χ3v) is 3.33. The zero-order chi connectivity index (χ0) is 9.97. The minimum absolute atomic E-state index is 0.757. The first kappa shape index (κ1) is 10.2. The zero-order valence-electron chi connectivity index (χ0n) is 8.52. The molecule has 1 nitrogen and oxygen atoms in total. The fourth-order valence-electron chi connectivity index (χ4n) is 2.16. The van der Waals surface area contributed by atoms with Crippen LogP contribution in [0.1, 0.15) is 29.9 Å². The van der Waals surface area contributed by atoms with E-state index in [2.05, 4.69) is 46.4 Å². The van der Waals surface area contributed by atoms with Crippen molar-refractivity contribution in [3.05, 3.63) is 33.8 Å². The number of rotatable bonds is 1. The SMILES string of the molecule is Cc1cc(Br)cc(C2CCNCC2)c1.